The van der Waals surface area contributed by atoms with Gasteiger partial charge in [0.25, 0.3) is 0 Å². The Morgan fingerprint density at radius 3 is 2.63 bits per heavy atom. The van der Waals surface area contributed by atoms with Gasteiger partial charge in [-0.3, -0.25) is 4.79 Å². The molecule has 0 atom stereocenters. The van der Waals surface area contributed by atoms with Crippen molar-refractivity contribution < 1.29 is 13.2 Å². The third-order valence-electron chi connectivity index (χ3n) is 3.83. The highest BCUT2D eigenvalue weighted by molar-refractivity contribution is 9.10. The number of nitrogens with zero attached hydrogens (tertiary/aromatic N) is 2. The normalized spacial score (nSPS) is 11.3. The number of amides is 1. The summed E-state index contributed by atoms with van der Waals surface area (Å²) in [6.45, 7) is 1.92. The summed E-state index contributed by atoms with van der Waals surface area (Å²) in [4.78, 5) is 12.2. The highest BCUT2D eigenvalue weighted by Crippen LogP contribution is 2.17. The predicted molar refractivity (Wildman–Crippen MR) is 109 cm³/mol. The SMILES string of the molecule is Cc1ccnn1-c1cccc(NC(=O)CS(=O)(=O)Cc2cccc(Br)c2)c1. The average Bonchev–Trinajstić information content (AvgIpc) is 3.00. The van der Waals surface area contributed by atoms with E-state index in [-0.39, 0.29) is 5.75 Å². The number of halogens is 1. The summed E-state index contributed by atoms with van der Waals surface area (Å²) < 4.78 is 27.2. The van der Waals surface area contributed by atoms with E-state index in [9.17, 15) is 13.2 Å². The molecule has 6 nitrogen and oxygen atoms in total. The van der Waals surface area contributed by atoms with Crippen LogP contribution in [0.1, 0.15) is 11.3 Å². The third kappa shape index (κ3) is 5.27. The van der Waals surface area contributed by atoms with Crippen LogP contribution in [-0.2, 0) is 20.4 Å². The second-order valence-electron chi connectivity index (χ2n) is 6.15. The van der Waals surface area contributed by atoms with E-state index in [2.05, 4.69) is 26.3 Å². The number of aryl methyl sites for hydroxylation is 1. The van der Waals surface area contributed by atoms with Crippen molar-refractivity contribution in [2.24, 2.45) is 0 Å². The lowest BCUT2D eigenvalue weighted by Crippen LogP contribution is -2.24. The minimum Gasteiger partial charge on any atom is -0.325 e. The molecule has 2 aromatic carbocycles. The summed E-state index contributed by atoms with van der Waals surface area (Å²) >= 11 is 3.31. The second-order valence-corrected chi connectivity index (χ2v) is 9.13. The maximum atomic E-state index is 12.3. The van der Waals surface area contributed by atoms with Gasteiger partial charge in [0, 0.05) is 22.1 Å². The van der Waals surface area contributed by atoms with Crippen molar-refractivity contribution >= 4 is 37.4 Å². The van der Waals surface area contributed by atoms with Crippen molar-refractivity contribution in [2.45, 2.75) is 12.7 Å². The molecule has 1 heterocycles. The van der Waals surface area contributed by atoms with E-state index in [4.69, 9.17) is 0 Å². The molecule has 0 spiro atoms. The van der Waals surface area contributed by atoms with Crippen LogP contribution in [0.2, 0.25) is 0 Å². The topological polar surface area (TPSA) is 81.1 Å². The van der Waals surface area contributed by atoms with Crippen molar-refractivity contribution in [1.29, 1.82) is 0 Å². The van der Waals surface area contributed by atoms with Gasteiger partial charge in [-0.2, -0.15) is 5.10 Å². The van der Waals surface area contributed by atoms with Crippen LogP contribution in [0.5, 0.6) is 0 Å². The number of hydrogen-bond donors (Lipinski definition) is 1. The first-order chi connectivity index (χ1) is 12.8. The molecule has 0 radical (unpaired) electrons. The lowest BCUT2D eigenvalue weighted by Gasteiger charge is -2.09. The van der Waals surface area contributed by atoms with Crippen molar-refractivity contribution in [3.8, 4) is 5.69 Å². The molecule has 0 aliphatic heterocycles. The number of sulfone groups is 1. The van der Waals surface area contributed by atoms with Crippen molar-refractivity contribution in [2.75, 3.05) is 11.1 Å². The number of anilines is 1. The summed E-state index contributed by atoms with van der Waals surface area (Å²) in [7, 11) is -3.58. The van der Waals surface area contributed by atoms with E-state index < -0.39 is 21.5 Å². The first-order valence-electron chi connectivity index (χ1n) is 8.18. The van der Waals surface area contributed by atoms with Gasteiger partial charge in [0.05, 0.1) is 11.4 Å². The van der Waals surface area contributed by atoms with E-state index in [1.807, 2.05) is 25.1 Å². The highest BCUT2D eigenvalue weighted by Gasteiger charge is 2.18. The van der Waals surface area contributed by atoms with Crippen LogP contribution < -0.4 is 5.32 Å². The number of carbonyl (C=O) groups is 1. The van der Waals surface area contributed by atoms with Gasteiger partial charge >= 0.3 is 0 Å². The highest BCUT2D eigenvalue weighted by atomic mass is 79.9. The Morgan fingerprint density at radius 2 is 1.93 bits per heavy atom. The molecule has 1 N–H and O–H groups in total. The fraction of sp³-hybridized carbons (Fsp3) is 0.158. The van der Waals surface area contributed by atoms with Gasteiger partial charge in [-0.1, -0.05) is 34.1 Å². The van der Waals surface area contributed by atoms with E-state index >= 15 is 0 Å². The summed E-state index contributed by atoms with van der Waals surface area (Å²) in [6, 6.07) is 16.0. The van der Waals surface area contributed by atoms with Crippen molar-refractivity contribution in [3.63, 3.8) is 0 Å². The number of nitrogens with one attached hydrogen (secondary N) is 1. The van der Waals surface area contributed by atoms with Crippen molar-refractivity contribution in [3.05, 3.63) is 76.5 Å². The molecule has 0 saturated carbocycles. The van der Waals surface area contributed by atoms with E-state index in [0.717, 1.165) is 15.9 Å². The van der Waals surface area contributed by atoms with Crippen LogP contribution in [0, 0.1) is 6.92 Å². The molecule has 1 aromatic heterocycles. The van der Waals surface area contributed by atoms with Crippen LogP contribution in [0.3, 0.4) is 0 Å². The molecule has 140 valence electrons. The Hall–Kier alpha value is -2.45. The summed E-state index contributed by atoms with van der Waals surface area (Å²) in [6.07, 6.45) is 1.69. The van der Waals surface area contributed by atoms with E-state index in [1.54, 1.807) is 47.3 Å². The molecule has 0 saturated heterocycles. The predicted octanol–water partition coefficient (Wildman–Crippen LogP) is 3.50. The first-order valence-corrected chi connectivity index (χ1v) is 10.8. The standard InChI is InChI=1S/C19H18BrN3O3S/c1-14-8-9-21-23(14)18-7-3-6-17(11-18)22-19(24)13-27(25,26)12-15-4-2-5-16(20)10-15/h2-11H,12-13H2,1H3,(H,22,24). The molecular weight excluding hydrogens is 430 g/mol. The Kier molecular flexibility index (Phi) is 5.76. The zero-order valence-electron chi connectivity index (χ0n) is 14.6. The molecule has 8 heteroatoms. The fourth-order valence-corrected chi connectivity index (χ4v) is 4.39. The molecule has 0 aliphatic rings. The minimum absolute atomic E-state index is 0.188. The number of benzene rings is 2. The maximum Gasteiger partial charge on any atom is 0.239 e. The molecule has 0 aliphatic carbocycles. The Bertz CT molecular complexity index is 1080. The molecule has 0 bridgehead atoms. The molecule has 0 fully saturated rings. The fourth-order valence-electron chi connectivity index (χ4n) is 2.68. The minimum atomic E-state index is -3.58. The summed E-state index contributed by atoms with van der Waals surface area (Å²) in [5.74, 6) is -1.34. The van der Waals surface area contributed by atoms with Crippen LogP contribution in [-0.4, -0.2) is 29.9 Å². The van der Waals surface area contributed by atoms with Gasteiger partial charge < -0.3 is 5.32 Å². The van der Waals surface area contributed by atoms with E-state index in [0.29, 0.717) is 11.3 Å². The summed E-state index contributed by atoms with van der Waals surface area (Å²) in [5, 5.41) is 6.87. The van der Waals surface area contributed by atoms with E-state index in [1.165, 1.54) is 0 Å². The number of aromatic nitrogens is 2. The smallest absolute Gasteiger partial charge is 0.239 e. The van der Waals surface area contributed by atoms with Gasteiger partial charge in [-0.25, -0.2) is 13.1 Å². The van der Waals surface area contributed by atoms with Gasteiger partial charge in [-0.05, 0) is 48.9 Å². The number of hydrogen-bond acceptors (Lipinski definition) is 4. The first kappa shape index (κ1) is 19.3. The monoisotopic (exact) mass is 447 g/mol. The lowest BCUT2D eigenvalue weighted by atomic mass is 10.2. The zero-order valence-corrected chi connectivity index (χ0v) is 17.0. The molecule has 3 rings (SSSR count). The van der Waals surface area contributed by atoms with Gasteiger partial charge in [0.15, 0.2) is 9.84 Å². The summed E-state index contributed by atoms with van der Waals surface area (Å²) in [5.41, 5.74) is 2.89. The molecule has 0 unspecified atom stereocenters. The zero-order chi connectivity index (χ0) is 19.4. The largest absolute Gasteiger partial charge is 0.325 e. The quantitative estimate of drug-likeness (QED) is 0.626. The molecule has 1 amide bonds. The molecule has 27 heavy (non-hydrogen) atoms. The Morgan fingerprint density at radius 1 is 1.15 bits per heavy atom. The Balaban J connectivity index is 1.68. The van der Waals surface area contributed by atoms with Crippen LogP contribution in [0.25, 0.3) is 5.69 Å². The number of rotatable bonds is 6. The Labute approximate surface area is 166 Å². The maximum absolute atomic E-state index is 12.3. The van der Waals surface area contributed by atoms with Crippen molar-refractivity contribution in [1.82, 2.24) is 9.78 Å². The van der Waals surface area contributed by atoms with Gasteiger partial charge in [0.1, 0.15) is 5.75 Å². The van der Waals surface area contributed by atoms with Crippen LogP contribution in [0.4, 0.5) is 5.69 Å². The second kappa shape index (κ2) is 8.06. The van der Waals surface area contributed by atoms with Gasteiger partial charge in [0.2, 0.25) is 5.91 Å². The van der Waals surface area contributed by atoms with Gasteiger partial charge in [-0.15, -0.1) is 0 Å². The third-order valence-corrected chi connectivity index (χ3v) is 5.80. The molecule has 3 aromatic rings. The van der Waals surface area contributed by atoms with Crippen LogP contribution in [0.15, 0.2) is 65.3 Å². The lowest BCUT2D eigenvalue weighted by molar-refractivity contribution is -0.113. The average molecular weight is 448 g/mol. The van der Waals surface area contributed by atoms with Crippen LogP contribution >= 0.6 is 15.9 Å². The molecular formula is C19H18BrN3O3S. The number of carbonyl (C=O) groups excluding carboxylic acids is 1.